The number of rotatable bonds is 7. The summed E-state index contributed by atoms with van der Waals surface area (Å²) in [6, 6.07) is 16.0. The summed E-state index contributed by atoms with van der Waals surface area (Å²) < 4.78 is 7.87. The van der Waals surface area contributed by atoms with Gasteiger partial charge < -0.3 is 9.64 Å². The minimum Gasteiger partial charge on any atom is -0.476 e. The Labute approximate surface area is 160 Å². The Morgan fingerprint density at radius 2 is 1.73 bits per heavy atom. The van der Waals surface area contributed by atoms with Gasteiger partial charge in [-0.1, -0.05) is 41.4 Å². The molecule has 0 aliphatic carbocycles. The van der Waals surface area contributed by atoms with Crippen molar-refractivity contribution in [1.29, 1.82) is 0 Å². The predicted molar refractivity (Wildman–Crippen MR) is 107 cm³/mol. The van der Waals surface area contributed by atoms with Crippen LogP contribution in [0.2, 0.25) is 5.02 Å². The van der Waals surface area contributed by atoms with E-state index >= 15 is 0 Å². The van der Waals surface area contributed by atoms with Gasteiger partial charge >= 0.3 is 0 Å². The highest BCUT2D eigenvalue weighted by atomic mass is 35.5. The van der Waals surface area contributed by atoms with Crippen molar-refractivity contribution < 1.29 is 4.74 Å². The number of halogens is 1. The van der Waals surface area contributed by atoms with Gasteiger partial charge in [-0.15, -0.1) is 5.10 Å². The number of nitrogens with zero attached hydrogens (tertiary/aromatic N) is 3. The normalized spacial score (nSPS) is 11.1. The lowest BCUT2D eigenvalue weighted by Crippen LogP contribution is -2.15. The molecule has 0 N–H and O–H groups in total. The number of hydrogen-bond donors (Lipinski definition) is 0. The van der Waals surface area contributed by atoms with Gasteiger partial charge in [0, 0.05) is 17.8 Å². The topological polar surface area (TPSA) is 30.3 Å². The van der Waals surface area contributed by atoms with E-state index in [-0.39, 0.29) is 0 Å². The maximum atomic E-state index is 6.03. The van der Waals surface area contributed by atoms with Crippen molar-refractivity contribution in [3.63, 3.8) is 0 Å². The van der Waals surface area contributed by atoms with Crippen LogP contribution in [0.25, 0.3) is 16.8 Å². The second kappa shape index (κ2) is 8.39. The monoisotopic (exact) mass is 369 g/mol. The third kappa shape index (κ3) is 4.65. The molecule has 0 bridgehead atoms. The molecule has 4 nitrogen and oxygen atoms in total. The molecule has 1 aromatic heterocycles. The van der Waals surface area contributed by atoms with Crippen molar-refractivity contribution in [3.05, 3.63) is 65.3 Å². The maximum Gasteiger partial charge on any atom is 0.241 e. The van der Waals surface area contributed by atoms with E-state index in [9.17, 15) is 0 Å². The van der Waals surface area contributed by atoms with E-state index in [0.29, 0.717) is 17.5 Å². The Balaban J connectivity index is 1.89. The number of aryl methyl sites for hydroxylation is 1. The van der Waals surface area contributed by atoms with Gasteiger partial charge in [0.1, 0.15) is 0 Å². The molecule has 0 saturated heterocycles. The second-order valence-electron chi connectivity index (χ2n) is 6.64. The molecule has 26 heavy (non-hydrogen) atoms. The summed E-state index contributed by atoms with van der Waals surface area (Å²) in [7, 11) is 4.12. The van der Waals surface area contributed by atoms with Gasteiger partial charge in [-0.05, 0) is 57.3 Å². The van der Waals surface area contributed by atoms with Gasteiger partial charge in [-0.25, -0.2) is 4.68 Å². The Hall–Kier alpha value is -2.30. The van der Waals surface area contributed by atoms with Crippen molar-refractivity contribution >= 4 is 11.6 Å². The SMILES string of the molecule is Cc1ccc(-n2cc(-c3ccc(Cl)cc3)c(OCCCN(C)C)n2)cc1. The molecule has 0 unspecified atom stereocenters. The molecule has 0 atom stereocenters. The lowest BCUT2D eigenvalue weighted by molar-refractivity contribution is 0.273. The summed E-state index contributed by atoms with van der Waals surface area (Å²) in [6.45, 7) is 3.68. The van der Waals surface area contributed by atoms with Crippen LogP contribution in [0.15, 0.2) is 54.7 Å². The Kier molecular flexibility index (Phi) is 5.96. The fourth-order valence-corrected chi connectivity index (χ4v) is 2.80. The average Bonchev–Trinajstić information content (AvgIpc) is 3.04. The maximum absolute atomic E-state index is 6.03. The molecule has 0 amide bonds. The molecule has 3 rings (SSSR count). The average molecular weight is 370 g/mol. The van der Waals surface area contributed by atoms with Gasteiger partial charge in [-0.3, -0.25) is 0 Å². The highest BCUT2D eigenvalue weighted by Crippen LogP contribution is 2.31. The van der Waals surface area contributed by atoms with Gasteiger partial charge in [0.25, 0.3) is 0 Å². The first-order valence-electron chi connectivity index (χ1n) is 8.73. The molecule has 136 valence electrons. The number of benzene rings is 2. The van der Waals surface area contributed by atoms with Gasteiger partial charge in [0.2, 0.25) is 5.88 Å². The summed E-state index contributed by atoms with van der Waals surface area (Å²) >= 11 is 6.03. The van der Waals surface area contributed by atoms with E-state index in [1.54, 1.807) is 0 Å². The standard InChI is InChI=1S/C21H24ClN3O/c1-16-5-11-19(12-6-16)25-15-20(17-7-9-18(22)10-8-17)21(23-25)26-14-4-13-24(2)3/h5-12,15H,4,13-14H2,1-3H3. The van der Waals surface area contributed by atoms with E-state index < -0.39 is 0 Å². The molecule has 0 aliphatic rings. The second-order valence-corrected chi connectivity index (χ2v) is 7.08. The van der Waals surface area contributed by atoms with E-state index in [2.05, 4.69) is 55.3 Å². The summed E-state index contributed by atoms with van der Waals surface area (Å²) in [4.78, 5) is 2.15. The number of hydrogen-bond acceptors (Lipinski definition) is 3. The lowest BCUT2D eigenvalue weighted by atomic mass is 10.1. The molecule has 0 saturated carbocycles. The van der Waals surface area contributed by atoms with Crippen LogP contribution >= 0.6 is 11.6 Å². The molecule has 0 radical (unpaired) electrons. The van der Waals surface area contributed by atoms with Crippen molar-refractivity contribution in [2.45, 2.75) is 13.3 Å². The predicted octanol–water partition coefficient (Wildman–Crippen LogP) is 4.83. The van der Waals surface area contributed by atoms with Crippen molar-refractivity contribution in [2.75, 3.05) is 27.2 Å². The molecule has 5 heteroatoms. The molecule has 3 aromatic rings. The molecule has 1 heterocycles. The smallest absolute Gasteiger partial charge is 0.241 e. The minimum atomic E-state index is 0.629. The first-order valence-corrected chi connectivity index (χ1v) is 9.11. The Bertz CT molecular complexity index is 839. The first kappa shape index (κ1) is 18.5. The molecule has 0 spiro atoms. The van der Waals surface area contributed by atoms with Gasteiger partial charge in [-0.2, -0.15) is 0 Å². The zero-order chi connectivity index (χ0) is 18.5. The summed E-state index contributed by atoms with van der Waals surface area (Å²) in [6.07, 6.45) is 2.96. The number of aromatic nitrogens is 2. The molecular formula is C21H24ClN3O. The van der Waals surface area contributed by atoms with Crippen LogP contribution < -0.4 is 4.74 Å². The zero-order valence-corrected chi connectivity index (χ0v) is 16.2. The van der Waals surface area contributed by atoms with Crippen molar-refractivity contribution in [3.8, 4) is 22.7 Å². The molecule has 0 fully saturated rings. The largest absolute Gasteiger partial charge is 0.476 e. The van der Waals surface area contributed by atoms with Crippen molar-refractivity contribution in [2.24, 2.45) is 0 Å². The zero-order valence-electron chi connectivity index (χ0n) is 15.4. The summed E-state index contributed by atoms with van der Waals surface area (Å²) in [5.74, 6) is 0.645. The van der Waals surface area contributed by atoms with E-state index in [4.69, 9.17) is 16.3 Å². The fourth-order valence-electron chi connectivity index (χ4n) is 2.67. The Morgan fingerprint density at radius 3 is 2.38 bits per heavy atom. The third-order valence-corrected chi connectivity index (χ3v) is 4.37. The van der Waals surface area contributed by atoms with Gasteiger partial charge in [0.15, 0.2) is 0 Å². The summed E-state index contributed by atoms with van der Waals surface area (Å²) in [5, 5.41) is 5.39. The quantitative estimate of drug-likeness (QED) is 0.559. The third-order valence-electron chi connectivity index (χ3n) is 4.12. The van der Waals surface area contributed by atoms with Crippen molar-refractivity contribution in [1.82, 2.24) is 14.7 Å². The Morgan fingerprint density at radius 1 is 1.04 bits per heavy atom. The minimum absolute atomic E-state index is 0.629. The van der Waals surface area contributed by atoms with Crippen LogP contribution in [0.5, 0.6) is 5.88 Å². The molecular weight excluding hydrogens is 346 g/mol. The highest BCUT2D eigenvalue weighted by Gasteiger charge is 2.14. The lowest BCUT2D eigenvalue weighted by Gasteiger charge is -2.10. The first-order chi connectivity index (χ1) is 12.5. The van der Waals surface area contributed by atoms with Crippen LogP contribution in [0.4, 0.5) is 0 Å². The van der Waals surface area contributed by atoms with Crippen LogP contribution in [0, 0.1) is 6.92 Å². The van der Waals surface area contributed by atoms with Crippen LogP contribution in [-0.2, 0) is 0 Å². The van der Waals surface area contributed by atoms with Crippen LogP contribution in [-0.4, -0.2) is 41.9 Å². The number of ether oxygens (including phenoxy) is 1. The molecule has 2 aromatic carbocycles. The van der Waals surface area contributed by atoms with E-state index in [1.807, 2.05) is 35.1 Å². The fraction of sp³-hybridized carbons (Fsp3) is 0.286. The van der Waals surface area contributed by atoms with E-state index in [1.165, 1.54) is 5.56 Å². The van der Waals surface area contributed by atoms with E-state index in [0.717, 1.165) is 29.8 Å². The van der Waals surface area contributed by atoms with Crippen LogP contribution in [0.1, 0.15) is 12.0 Å². The molecule has 0 aliphatic heterocycles. The highest BCUT2D eigenvalue weighted by molar-refractivity contribution is 6.30. The summed E-state index contributed by atoms with van der Waals surface area (Å²) in [5.41, 5.74) is 4.23. The van der Waals surface area contributed by atoms with Crippen LogP contribution in [0.3, 0.4) is 0 Å². The van der Waals surface area contributed by atoms with Gasteiger partial charge in [0.05, 0.1) is 17.9 Å².